The van der Waals surface area contributed by atoms with E-state index >= 15 is 0 Å². The number of carboxylic acids is 1. The van der Waals surface area contributed by atoms with Gasteiger partial charge in [-0.05, 0) is 170 Å². The Kier molecular flexibility index (Phi) is 47.2. The maximum absolute atomic E-state index is 12.2. The fourth-order valence-electron chi connectivity index (χ4n) is 11.7. The monoisotopic (exact) mass is 2000 g/mol. The van der Waals surface area contributed by atoms with E-state index in [1.807, 2.05) is 0 Å². The number of aliphatic hydroxyl groups excluding tert-OH is 2. The second kappa shape index (κ2) is 57.0. The summed E-state index contributed by atoms with van der Waals surface area (Å²) in [4.78, 5) is 152. The van der Waals surface area contributed by atoms with E-state index in [-0.39, 0.29) is 174 Å². The van der Waals surface area contributed by atoms with Crippen LogP contribution in [0.25, 0.3) is 0 Å². The van der Waals surface area contributed by atoms with Crippen molar-refractivity contribution in [2.24, 2.45) is 23.5 Å². The molecule has 3 saturated carbocycles. The Morgan fingerprint density at radius 3 is 0.964 bits per heavy atom. The Morgan fingerprint density at radius 2 is 0.647 bits per heavy atom. The van der Waals surface area contributed by atoms with Crippen molar-refractivity contribution < 1.29 is 132 Å². The molecule has 732 valence electrons. The van der Waals surface area contributed by atoms with Gasteiger partial charge in [0.15, 0.2) is 55.6 Å². The number of carbonyl (C=O) groups excluding carboxylic acids is 12. The number of amides is 8. The van der Waals surface area contributed by atoms with Crippen molar-refractivity contribution in [3.63, 3.8) is 0 Å². The van der Waals surface area contributed by atoms with Crippen LogP contribution in [0, 0.1) is 38.5 Å². The van der Waals surface area contributed by atoms with Crippen LogP contribution in [0.5, 0.6) is 0 Å². The molecule has 0 unspecified atom stereocenters. The topological polar surface area (TPSA) is 663 Å². The summed E-state index contributed by atoms with van der Waals surface area (Å²) in [6.45, 7) is 12.5. The molecule has 0 radical (unpaired) electrons. The molecular formula is C90H102Cl4N23NaO21. The third-order valence-corrected chi connectivity index (χ3v) is 20.3. The predicted octanol–water partition coefficient (Wildman–Crippen LogP) is 7.76. The number of carboxylic acid groups (broad SMARTS) is 1. The van der Waals surface area contributed by atoms with Crippen LogP contribution in [0.2, 0.25) is 20.5 Å². The van der Waals surface area contributed by atoms with E-state index in [2.05, 4.69) is 109 Å². The zero-order valence-corrected chi connectivity index (χ0v) is 82.7. The number of carbonyl (C=O) groups is 13. The van der Waals surface area contributed by atoms with Crippen molar-refractivity contribution in [2.75, 3.05) is 99.3 Å². The maximum atomic E-state index is 12.2. The Hall–Kier alpha value is -14.4. The first-order chi connectivity index (χ1) is 65.5. The number of aromatic carboxylic acids is 1. The predicted molar refractivity (Wildman–Crippen MR) is 510 cm³/mol. The number of aromatic nitrogens is 10. The fraction of sp³-hybridized carbons (Fsp3) is 0.300. The normalized spacial score (nSPS) is 11.5. The van der Waals surface area contributed by atoms with Crippen molar-refractivity contribution in [1.82, 2.24) is 77.6 Å². The third-order valence-electron chi connectivity index (χ3n) is 19.4. The summed E-state index contributed by atoms with van der Waals surface area (Å²) in [5, 5.41) is 96.1. The molecule has 0 atom stereocenters. The van der Waals surface area contributed by atoms with Gasteiger partial charge in [0.2, 0.25) is 17.7 Å². The molecule has 5 heterocycles. The van der Waals surface area contributed by atoms with Crippen LogP contribution < -0.4 is 99.5 Å². The average molecular weight is 2010 g/mol. The number of esters is 4. The molecular weight excluding hydrogens is 1900 g/mol. The second-order valence-electron chi connectivity index (χ2n) is 28.9. The summed E-state index contributed by atoms with van der Waals surface area (Å²) in [6, 6.07) is 32.2. The molecule has 10 aromatic rings. The van der Waals surface area contributed by atoms with Crippen LogP contribution in [0.4, 0.5) is 62.8 Å². The number of rotatable bonds is 29. The molecule has 3 fully saturated rings. The molecule has 5 aromatic heterocycles. The minimum Gasteiger partial charge on any atom is -0.870 e. The van der Waals surface area contributed by atoms with Gasteiger partial charge in [-0.1, -0.05) is 76.7 Å². The van der Waals surface area contributed by atoms with Crippen LogP contribution in [0.3, 0.4) is 0 Å². The Bertz CT molecular complexity index is 6100. The number of benzene rings is 5. The van der Waals surface area contributed by atoms with E-state index in [1.54, 1.807) is 139 Å². The summed E-state index contributed by atoms with van der Waals surface area (Å²) in [5.74, 6) is -4.69. The molecule has 0 bridgehead atoms. The van der Waals surface area contributed by atoms with Gasteiger partial charge in [0.25, 0.3) is 29.5 Å². The van der Waals surface area contributed by atoms with E-state index < -0.39 is 60.1 Å². The van der Waals surface area contributed by atoms with Crippen molar-refractivity contribution in [1.29, 1.82) is 0 Å². The first-order valence-corrected chi connectivity index (χ1v) is 43.5. The van der Waals surface area contributed by atoms with E-state index in [0.29, 0.717) is 103 Å². The van der Waals surface area contributed by atoms with Gasteiger partial charge in [0.05, 0.1) is 95.2 Å². The number of anilines is 11. The van der Waals surface area contributed by atoms with Crippen LogP contribution in [-0.4, -0.2) is 211 Å². The number of nitrogen functional groups attached to an aromatic ring is 1. The molecule has 5 aromatic carbocycles. The molecule has 3 aliphatic rings. The van der Waals surface area contributed by atoms with Gasteiger partial charge in [-0.15, -0.1) is 51.0 Å². The SMILES string of the molecule is CCOC(=O)c1cccc(N)c1CO.CCOC(=O)c1cccc(Nc2cc(Cl)nnc2C(=O)NC)c1C.CCOC(=O)c1cccc(Nc2cc(Cl)nnc2C(=O)NC)c1CO.CCOC(=O)c1cccc(Nc2cc(NC(=O)C3CC3)nnc2C(=O)NC)c1C.CNC(=O)c1nnc(Cl)cc1Cl.CNC(=O)c1nnc(NC(=O)C2CC2)cc1Nc1cccc(C(=O)O)c1C.NC(=O)C1CC1.[Na+].[OH-]. The van der Waals surface area contributed by atoms with E-state index in [4.69, 9.17) is 81.9 Å². The molecule has 0 saturated heterocycles. The van der Waals surface area contributed by atoms with Crippen molar-refractivity contribution >= 4 is 186 Å². The molecule has 0 aliphatic heterocycles. The van der Waals surface area contributed by atoms with Gasteiger partial charge in [0.1, 0.15) is 0 Å². The molecule has 13 rings (SSSR count). The number of nitrogens with zero attached hydrogens (tertiary/aromatic N) is 10. The number of aliphatic hydroxyl groups is 2. The van der Waals surface area contributed by atoms with Gasteiger partial charge < -0.3 is 110 Å². The Balaban J connectivity index is 0.000000295. The summed E-state index contributed by atoms with van der Waals surface area (Å²) in [6.07, 6.45) is 5.47. The maximum Gasteiger partial charge on any atom is 1.00 e. The molecule has 49 heteroatoms. The number of hydrogen-bond acceptors (Lipinski definition) is 35. The molecule has 3 aliphatic carbocycles. The van der Waals surface area contributed by atoms with Crippen molar-refractivity contribution in [3.05, 3.63) is 226 Å². The molecule has 44 nitrogen and oxygen atoms in total. The Labute approximate surface area is 838 Å². The zero-order chi connectivity index (χ0) is 101. The smallest absolute Gasteiger partial charge is 0.870 e. The van der Waals surface area contributed by atoms with E-state index in [0.717, 1.165) is 38.5 Å². The molecule has 19 N–H and O–H groups in total. The quantitative estimate of drug-likeness (QED) is 0.00921. The van der Waals surface area contributed by atoms with Crippen LogP contribution >= 0.6 is 46.4 Å². The second-order valence-corrected chi connectivity index (χ2v) is 30.5. The number of hydrogen-bond donors (Lipinski definition) is 16. The molecule has 0 spiro atoms. The van der Waals surface area contributed by atoms with Crippen LogP contribution in [0.1, 0.15) is 198 Å². The van der Waals surface area contributed by atoms with E-state index in [1.165, 1.54) is 65.6 Å². The summed E-state index contributed by atoms with van der Waals surface area (Å²) >= 11 is 22.9. The number of halogens is 4. The first kappa shape index (κ1) is 115. The molecule has 8 amide bonds. The van der Waals surface area contributed by atoms with Gasteiger partial charge in [-0.3, -0.25) is 38.4 Å². The van der Waals surface area contributed by atoms with Crippen molar-refractivity contribution in [3.8, 4) is 0 Å². The summed E-state index contributed by atoms with van der Waals surface area (Å²) < 4.78 is 19.9. The number of ether oxygens (including phenoxy) is 4. The van der Waals surface area contributed by atoms with Gasteiger partial charge in [-0.25, -0.2) is 24.0 Å². The number of primary amides is 1. The van der Waals surface area contributed by atoms with Gasteiger partial charge in [0, 0.05) is 117 Å². The number of nitrogens with one attached hydrogen (secondary N) is 11. The Morgan fingerprint density at radius 1 is 0.367 bits per heavy atom. The minimum absolute atomic E-state index is 0. The van der Waals surface area contributed by atoms with Crippen LogP contribution in [-0.2, 0) is 46.5 Å². The van der Waals surface area contributed by atoms with E-state index in [9.17, 15) is 72.5 Å². The first-order valence-electron chi connectivity index (χ1n) is 42.0. The third kappa shape index (κ3) is 34.1. The van der Waals surface area contributed by atoms with Gasteiger partial charge >= 0.3 is 59.4 Å². The number of nitrogens with two attached hydrogens (primary N) is 2. The fourth-order valence-corrected chi connectivity index (χ4v) is 12.5. The summed E-state index contributed by atoms with van der Waals surface area (Å²) in [5.41, 5.74) is 18.8. The van der Waals surface area contributed by atoms with Crippen LogP contribution in [0.15, 0.2) is 121 Å². The largest absolute Gasteiger partial charge is 1.00 e. The zero-order valence-electron chi connectivity index (χ0n) is 77.6. The standard InChI is InChI=1S/C20H23N5O4.C18H19N5O4.C16H17ClN4O4.C16H17ClN4O3.C10H13NO3.C6H5Cl2N3O.C4H7NO.Na.H2O/c1-4-29-20(28)13-6-5-7-14(11(13)2)22-15-10-16(23-18(26)12-8-9-12)24-25-17(15)19(27)21-3;1-9-11(18(26)27)4-3-5-12(9)20-13-8-14(21-16(24)10-6-7-10)22-23-15(13)17(25)19-2;1-3-25-16(24)9-5-4-6-11(10(9)8-22)19-12-7-13(17)20-21-14(12)15(23)18-2;1-4-24-16(23)10-6-5-7-11(9(10)2)19-12-8-13(17)20-21-14(12)15(22)18-3;1-2-14-10(13)7-4-3-5-9(11)8(7)6-12;1-9-6(12)5-3(7)2-4(8)10-11-5;5-4(6)3-1-2-3;;/h5-7,10,12H,4,8-9H2,1-3H3,(H,21,27)(H2,22,23,24,26);3-5,8,10H,6-7H2,1-2H3,(H,19,25)(H,26,27)(H2,20,21,22,24);4-7,22H,3,8H2,1-2H3,(H,18,23)(H,19,20);5-8H,4H2,1-3H3,(H,18,22)(H,19,20);3-5,12H,2,6,11H2,1H3;2H,1H3,(H,9,12);3H,1-2H2,(H2,5,6);;1H2/q;;;;;;;+1;/p-1. The summed E-state index contributed by atoms with van der Waals surface area (Å²) in [7, 11) is 7.39. The van der Waals surface area contributed by atoms with Gasteiger partial charge in [-0.2, -0.15) is 0 Å². The molecule has 139 heavy (non-hydrogen) atoms. The average Bonchev–Trinajstić information content (AvgIpc) is 1.78. The minimum atomic E-state index is -1.05. The van der Waals surface area contributed by atoms with Crippen molar-refractivity contribution in [2.45, 2.75) is 100 Å².